The number of rotatable bonds is 5. The Bertz CT molecular complexity index is 273. The van der Waals surface area contributed by atoms with E-state index in [-0.39, 0.29) is 0 Å². The van der Waals surface area contributed by atoms with Crippen molar-refractivity contribution in [1.82, 2.24) is 5.32 Å². The van der Waals surface area contributed by atoms with Gasteiger partial charge in [0.2, 0.25) is 0 Å². The fourth-order valence-corrected chi connectivity index (χ4v) is 4.22. The molecule has 5 heteroatoms. The van der Waals surface area contributed by atoms with Gasteiger partial charge in [-0.05, 0) is 31.9 Å². The van der Waals surface area contributed by atoms with Crippen LogP contribution in [0, 0.1) is 0 Å². The van der Waals surface area contributed by atoms with Crippen molar-refractivity contribution < 1.29 is 4.74 Å². The molecule has 1 aliphatic heterocycles. The molecule has 0 aromatic carbocycles. The van der Waals surface area contributed by atoms with Crippen LogP contribution in [0.25, 0.3) is 0 Å². The number of hydrogen-bond donors (Lipinski definition) is 1. The van der Waals surface area contributed by atoms with Crippen LogP contribution < -0.4 is 5.32 Å². The normalized spacial score (nSPS) is 32.8. The summed E-state index contributed by atoms with van der Waals surface area (Å²) >= 11 is 3.88. The highest BCUT2D eigenvalue weighted by Gasteiger charge is 2.26. The first-order valence-electron chi connectivity index (χ1n) is 6.30. The molecule has 2 rings (SSSR count). The number of aliphatic imine (C=N–C) groups is 1. The number of ether oxygens (including phenoxy) is 1. The quantitative estimate of drug-likeness (QED) is 0.834. The van der Waals surface area contributed by atoms with Crippen molar-refractivity contribution in [3.8, 4) is 0 Å². The molecule has 98 valence electrons. The third kappa shape index (κ3) is 4.07. The molecule has 3 atom stereocenters. The van der Waals surface area contributed by atoms with Gasteiger partial charge in [-0.25, -0.2) is 0 Å². The first-order valence-corrected chi connectivity index (χ1v) is 8.58. The van der Waals surface area contributed by atoms with Gasteiger partial charge in [0, 0.05) is 30.8 Å². The molecule has 1 fully saturated rings. The fraction of sp³-hybridized carbons (Fsp3) is 0.917. The standard InChI is InChI=1S/C12H22N2OS2/c1-15-6-5-10-8-17-12(14-10)13-9-3-4-11(7-9)16-2/h9-11H,3-8H2,1-2H3,(H,13,14). The van der Waals surface area contributed by atoms with Gasteiger partial charge in [0.05, 0.1) is 6.04 Å². The summed E-state index contributed by atoms with van der Waals surface area (Å²) in [4.78, 5) is 4.72. The molecule has 0 saturated heterocycles. The van der Waals surface area contributed by atoms with Gasteiger partial charge in [0.1, 0.15) is 0 Å². The second kappa shape index (κ2) is 6.90. The average molecular weight is 274 g/mol. The Morgan fingerprint density at radius 2 is 2.41 bits per heavy atom. The zero-order chi connectivity index (χ0) is 12.1. The zero-order valence-corrected chi connectivity index (χ0v) is 12.3. The maximum absolute atomic E-state index is 5.10. The summed E-state index contributed by atoms with van der Waals surface area (Å²) in [5, 5.41) is 5.62. The summed E-state index contributed by atoms with van der Waals surface area (Å²) < 4.78 is 5.10. The Morgan fingerprint density at radius 1 is 1.53 bits per heavy atom. The molecule has 0 amide bonds. The molecule has 3 unspecified atom stereocenters. The second-order valence-electron chi connectivity index (χ2n) is 4.69. The third-order valence-electron chi connectivity index (χ3n) is 3.41. The lowest BCUT2D eigenvalue weighted by atomic mass is 10.2. The van der Waals surface area contributed by atoms with Gasteiger partial charge in [-0.3, -0.25) is 4.99 Å². The minimum atomic E-state index is 0.459. The van der Waals surface area contributed by atoms with Crippen molar-refractivity contribution >= 4 is 28.7 Å². The highest BCUT2D eigenvalue weighted by Crippen LogP contribution is 2.29. The van der Waals surface area contributed by atoms with Crippen molar-refractivity contribution in [2.45, 2.75) is 43.0 Å². The van der Waals surface area contributed by atoms with Crippen molar-refractivity contribution in [2.24, 2.45) is 4.99 Å². The van der Waals surface area contributed by atoms with Crippen LogP contribution in [0.4, 0.5) is 0 Å². The summed E-state index contributed by atoms with van der Waals surface area (Å²) in [5.74, 6) is 1.12. The number of amidine groups is 1. The van der Waals surface area contributed by atoms with Gasteiger partial charge in [-0.1, -0.05) is 11.8 Å². The van der Waals surface area contributed by atoms with Gasteiger partial charge in [0.25, 0.3) is 0 Å². The minimum Gasteiger partial charge on any atom is -0.385 e. The van der Waals surface area contributed by atoms with Gasteiger partial charge in [-0.15, -0.1) is 0 Å². The van der Waals surface area contributed by atoms with Crippen LogP contribution in [0.5, 0.6) is 0 Å². The number of thioether (sulfide) groups is 2. The summed E-state index contributed by atoms with van der Waals surface area (Å²) in [5.41, 5.74) is 0. The molecule has 0 aromatic rings. The highest BCUT2D eigenvalue weighted by molar-refractivity contribution is 8.14. The van der Waals surface area contributed by atoms with Gasteiger partial charge in [0.15, 0.2) is 5.17 Å². The largest absolute Gasteiger partial charge is 0.385 e. The predicted molar refractivity (Wildman–Crippen MR) is 78.3 cm³/mol. The lowest BCUT2D eigenvalue weighted by Gasteiger charge is -2.12. The topological polar surface area (TPSA) is 33.6 Å². The molecule has 2 aliphatic rings. The Morgan fingerprint density at radius 3 is 3.12 bits per heavy atom. The van der Waals surface area contributed by atoms with E-state index in [2.05, 4.69) is 11.6 Å². The van der Waals surface area contributed by atoms with Gasteiger partial charge in [-0.2, -0.15) is 11.8 Å². The number of methoxy groups -OCH3 is 1. The Hall–Kier alpha value is 0.130. The maximum atomic E-state index is 5.10. The van der Waals surface area contributed by atoms with Crippen molar-refractivity contribution in [1.29, 1.82) is 0 Å². The van der Waals surface area contributed by atoms with Crippen molar-refractivity contribution in [3.63, 3.8) is 0 Å². The number of nitrogens with one attached hydrogen (secondary N) is 1. The predicted octanol–water partition coefficient (Wildman–Crippen LogP) is 2.37. The molecule has 1 heterocycles. The third-order valence-corrected chi connectivity index (χ3v) is 5.56. The van der Waals surface area contributed by atoms with E-state index < -0.39 is 0 Å². The summed E-state index contributed by atoms with van der Waals surface area (Å²) in [6, 6.07) is 1.11. The Balaban J connectivity index is 1.73. The molecule has 0 radical (unpaired) electrons. The van der Waals surface area contributed by atoms with Crippen LogP contribution in [0.2, 0.25) is 0 Å². The van der Waals surface area contributed by atoms with E-state index in [1.165, 1.54) is 19.3 Å². The van der Waals surface area contributed by atoms with Crippen LogP contribution in [0.15, 0.2) is 4.99 Å². The van der Waals surface area contributed by atoms with Crippen LogP contribution in [-0.2, 0) is 4.74 Å². The van der Waals surface area contributed by atoms with E-state index in [0.717, 1.165) is 29.2 Å². The smallest absolute Gasteiger partial charge is 0.157 e. The van der Waals surface area contributed by atoms with E-state index >= 15 is 0 Å². The SMILES string of the molecule is COCCC1CSC(NC2CCC(SC)C2)=N1. The molecular weight excluding hydrogens is 252 g/mol. The van der Waals surface area contributed by atoms with Crippen LogP contribution in [0.3, 0.4) is 0 Å². The molecule has 0 aromatic heterocycles. The first kappa shape index (κ1) is 13.6. The zero-order valence-electron chi connectivity index (χ0n) is 10.6. The van der Waals surface area contributed by atoms with E-state index in [0.29, 0.717) is 12.1 Å². The number of hydrogen-bond acceptors (Lipinski definition) is 5. The average Bonchev–Trinajstić information content (AvgIpc) is 2.96. The van der Waals surface area contributed by atoms with E-state index in [1.807, 2.05) is 23.5 Å². The molecular formula is C12H22N2OS2. The van der Waals surface area contributed by atoms with E-state index in [9.17, 15) is 0 Å². The molecule has 3 nitrogen and oxygen atoms in total. The van der Waals surface area contributed by atoms with Gasteiger partial charge < -0.3 is 10.1 Å². The fourth-order valence-electron chi connectivity index (χ4n) is 2.36. The number of nitrogens with zero attached hydrogens (tertiary/aromatic N) is 1. The molecule has 17 heavy (non-hydrogen) atoms. The van der Waals surface area contributed by atoms with E-state index in [1.54, 1.807) is 7.11 Å². The van der Waals surface area contributed by atoms with E-state index in [4.69, 9.17) is 9.73 Å². The summed E-state index contributed by atoms with van der Waals surface area (Å²) in [6.07, 6.45) is 7.21. The Labute approximate surface area is 113 Å². The van der Waals surface area contributed by atoms with Crippen molar-refractivity contribution in [3.05, 3.63) is 0 Å². The molecule has 1 N–H and O–H groups in total. The molecule has 1 aliphatic carbocycles. The first-order chi connectivity index (χ1) is 8.31. The lowest BCUT2D eigenvalue weighted by Crippen LogP contribution is -2.30. The van der Waals surface area contributed by atoms with Crippen molar-refractivity contribution in [2.75, 3.05) is 25.7 Å². The summed E-state index contributed by atoms with van der Waals surface area (Å²) in [7, 11) is 1.76. The second-order valence-corrected chi connectivity index (χ2v) is 6.84. The molecule has 1 saturated carbocycles. The lowest BCUT2D eigenvalue weighted by molar-refractivity contribution is 0.190. The molecule has 0 spiro atoms. The van der Waals surface area contributed by atoms with Crippen LogP contribution in [-0.4, -0.2) is 48.2 Å². The highest BCUT2D eigenvalue weighted by atomic mass is 32.2. The molecule has 0 bridgehead atoms. The maximum Gasteiger partial charge on any atom is 0.157 e. The Kier molecular flexibility index (Phi) is 5.50. The monoisotopic (exact) mass is 274 g/mol. The van der Waals surface area contributed by atoms with Crippen LogP contribution in [0.1, 0.15) is 25.7 Å². The van der Waals surface area contributed by atoms with Crippen LogP contribution >= 0.6 is 23.5 Å². The van der Waals surface area contributed by atoms with Gasteiger partial charge >= 0.3 is 0 Å². The summed E-state index contributed by atoms with van der Waals surface area (Å²) in [6.45, 7) is 0.819. The minimum absolute atomic E-state index is 0.459.